The Morgan fingerprint density at radius 3 is 2.75 bits per heavy atom. The fourth-order valence-electron chi connectivity index (χ4n) is 3.04. The Kier molecular flexibility index (Phi) is 3.34. The molecule has 0 radical (unpaired) electrons. The molecule has 2 heterocycles. The minimum atomic E-state index is -0.591. The van der Waals surface area contributed by atoms with Gasteiger partial charge in [-0.1, -0.05) is 31.2 Å². The first-order chi connectivity index (χ1) is 9.63. The highest BCUT2D eigenvalue weighted by molar-refractivity contribution is 5.93. The van der Waals surface area contributed by atoms with Crippen molar-refractivity contribution in [2.45, 2.75) is 38.7 Å². The van der Waals surface area contributed by atoms with Crippen molar-refractivity contribution >= 4 is 16.6 Å². The first-order valence-corrected chi connectivity index (χ1v) is 7.32. The van der Waals surface area contributed by atoms with Crippen LogP contribution < -0.4 is 4.90 Å². The van der Waals surface area contributed by atoms with Crippen molar-refractivity contribution in [3.05, 3.63) is 30.0 Å². The van der Waals surface area contributed by atoms with E-state index in [9.17, 15) is 5.11 Å². The summed E-state index contributed by atoms with van der Waals surface area (Å²) in [5, 5.41) is 21.5. The number of β-amino-alcohol motifs (C(OH)–C–C–N with tert-alkyl or cyclic N) is 1. The van der Waals surface area contributed by atoms with E-state index in [0.717, 1.165) is 48.1 Å². The Labute approximate surface area is 119 Å². The number of hydrogen-bond acceptors (Lipinski definition) is 4. The molecule has 1 aliphatic heterocycles. The normalized spacial score (nSPS) is 23.2. The van der Waals surface area contributed by atoms with Crippen molar-refractivity contribution < 1.29 is 5.11 Å². The lowest BCUT2D eigenvalue weighted by Crippen LogP contribution is -2.48. The Hall–Kier alpha value is -1.68. The summed E-state index contributed by atoms with van der Waals surface area (Å²) in [4.78, 5) is 2.18. The quantitative estimate of drug-likeness (QED) is 0.912. The number of fused-ring (bicyclic) bond motifs is 1. The van der Waals surface area contributed by atoms with Crippen molar-refractivity contribution in [1.82, 2.24) is 10.2 Å². The Balaban J connectivity index is 2.04. The van der Waals surface area contributed by atoms with Crippen LogP contribution in [0.5, 0.6) is 0 Å². The molecule has 2 aromatic rings. The van der Waals surface area contributed by atoms with Crippen LogP contribution in [-0.2, 0) is 0 Å². The SMILES string of the molecule is CCC1(O)CCCN(c2nnc(C)c3ccccc23)C1. The minimum Gasteiger partial charge on any atom is -0.388 e. The Morgan fingerprint density at radius 1 is 1.25 bits per heavy atom. The summed E-state index contributed by atoms with van der Waals surface area (Å²) < 4.78 is 0. The van der Waals surface area contributed by atoms with E-state index in [1.54, 1.807) is 0 Å². The number of rotatable bonds is 2. The van der Waals surface area contributed by atoms with Crippen LogP contribution in [0, 0.1) is 6.92 Å². The zero-order valence-corrected chi connectivity index (χ0v) is 12.1. The second-order valence-corrected chi connectivity index (χ2v) is 5.76. The molecule has 1 aromatic carbocycles. The molecule has 0 saturated carbocycles. The van der Waals surface area contributed by atoms with Gasteiger partial charge in [0, 0.05) is 23.9 Å². The summed E-state index contributed by atoms with van der Waals surface area (Å²) in [5.41, 5.74) is 0.360. The molecule has 4 nitrogen and oxygen atoms in total. The zero-order valence-electron chi connectivity index (χ0n) is 12.1. The summed E-state index contributed by atoms with van der Waals surface area (Å²) >= 11 is 0. The second kappa shape index (κ2) is 5.02. The van der Waals surface area contributed by atoms with Gasteiger partial charge in [0.25, 0.3) is 0 Å². The minimum absolute atomic E-state index is 0.591. The van der Waals surface area contributed by atoms with Gasteiger partial charge in [0.1, 0.15) is 0 Å². The third-order valence-electron chi connectivity index (χ3n) is 4.37. The molecule has 106 valence electrons. The monoisotopic (exact) mass is 271 g/mol. The van der Waals surface area contributed by atoms with Gasteiger partial charge in [0.15, 0.2) is 5.82 Å². The molecule has 3 rings (SSSR count). The average molecular weight is 271 g/mol. The van der Waals surface area contributed by atoms with E-state index in [0.29, 0.717) is 6.54 Å². The van der Waals surface area contributed by atoms with Crippen molar-refractivity contribution in [2.75, 3.05) is 18.0 Å². The van der Waals surface area contributed by atoms with E-state index in [1.807, 2.05) is 26.0 Å². The van der Waals surface area contributed by atoms with E-state index >= 15 is 0 Å². The highest BCUT2D eigenvalue weighted by atomic mass is 16.3. The molecule has 1 saturated heterocycles. The number of piperidine rings is 1. The molecule has 1 fully saturated rings. The summed E-state index contributed by atoms with van der Waals surface area (Å²) in [6.45, 7) is 5.61. The molecule has 0 amide bonds. The number of aryl methyl sites for hydroxylation is 1. The van der Waals surface area contributed by atoms with Crippen molar-refractivity contribution in [2.24, 2.45) is 0 Å². The van der Waals surface area contributed by atoms with E-state index in [4.69, 9.17) is 0 Å². The molecule has 1 unspecified atom stereocenters. The van der Waals surface area contributed by atoms with E-state index in [1.165, 1.54) is 0 Å². The van der Waals surface area contributed by atoms with Gasteiger partial charge in [0.2, 0.25) is 0 Å². The first kappa shape index (κ1) is 13.3. The van der Waals surface area contributed by atoms with Crippen LogP contribution in [0.3, 0.4) is 0 Å². The van der Waals surface area contributed by atoms with Gasteiger partial charge in [-0.3, -0.25) is 0 Å². The van der Waals surface area contributed by atoms with Gasteiger partial charge >= 0.3 is 0 Å². The predicted molar refractivity (Wildman–Crippen MR) is 81.0 cm³/mol. The maximum atomic E-state index is 10.5. The van der Waals surface area contributed by atoms with Crippen molar-refractivity contribution in [3.8, 4) is 0 Å². The topological polar surface area (TPSA) is 49.2 Å². The van der Waals surface area contributed by atoms with Crippen LogP contribution in [0.15, 0.2) is 24.3 Å². The van der Waals surface area contributed by atoms with E-state index in [-0.39, 0.29) is 0 Å². The van der Waals surface area contributed by atoms with Crippen molar-refractivity contribution in [3.63, 3.8) is 0 Å². The molecule has 0 spiro atoms. The molecular formula is C16H21N3O. The highest BCUT2D eigenvalue weighted by Gasteiger charge is 2.32. The molecule has 1 N–H and O–H groups in total. The fraction of sp³-hybridized carbons (Fsp3) is 0.500. The van der Waals surface area contributed by atoms with Crippen LogP contribution in [0.1, 0.15) is 31.9 Å². The summed E-state index contributed by atoms with van der Waals surface area (Å²) in [6, 6.07) is 8.23. The van der Waals surface area contributed by atoms with Crippen LogP contribution >= 0.6 is 0 Å². The molecule has 1 aromatic heterocycles. The average Bonchev–Trinajstić information content (AvgIpc) is 2.48. The third kappa shape index (κ3) is 2.24. The number of anilines is 1. The van der Waals surface area contributed by atoms with E-state index < -0.39 is 5.60 Å². The number of benzene rings is 1. The number of nitrogens with zero attached hydrogens (tertiary/aromatic N) is 3. The lowest BCUT2D eigenvalue weighted by atomic mass is 9.90. The number of aromatic nitrogens is 2. The van der Waals surface area contributed by atoms with Crippen LogP contribution in [0.2, 0.25) is 0 Å². The molecule has 0 aliphatic carbocycles. The number of hydrogen-bond donors (Lipinski definition) is 1. The Bertz CT molecular complexity index is 628. The highest BCUT2D eigenvalue weighted by Crippen LogP contribution is 2.31. The van der Waals surface area contributed by atoms with Crippen LogP contribution in [0.4, 0.5) is 5.82 Å². The third-order valence-corrected chi connectivity index (χ3v) is 4.37. The molecular weight excluding hydrogens is 250 g/mol. The van der Waals surface area contributed by atoms with Gasteiger partial charge in [-0.2, -0.15) is 5.10 Å². The van der Waals surface area contributed by atoms with Gasteiger partial charge in [0.05, 0.1) is 11.3 Å². The predicted octanol–water partition coefficient (Wildman–Crippen LogP) is 2.68. The van der Waals surface area contributed by atoms with E-state index in [2.05, 4.69) is 27.2 Å². The smallest absolute Gasteiger partial charge is 0.159 e. The zero-order chi connectivity index (χ0) is 14.2. The fourth-order valence-corrected chi connectivity index (χ4v) is 3.04. The molecule has 20 heavy (non-hydrogen) atoms. The Morgan fingerprint density at radius 2 is 2.00 bits per heavy atom. The lowest BCUT2D eigenvalue weighted by Gasteiger charge is -2.39. The molecule has 0 bridgehead atoms. The number of aliphatic hydroxyl groups is 1. The first-order valence-electron chi connectivity index (χ1n) is 7.32. The van der Waals surface area contributed by atoms with Gasteiger partial charge in [-0.05, 0) is 26.2 Å². The van der Waals surface area contributed by atoms with Gasteiger partial charge in [-0.15, -0.1) is 5.10 Å². The maximum absolute atomic E-state index is 10.5. The second-order valence-electron chi connectivity index (χ2n) is 5.76. The van der Waals surface area contributed by atoms with Crippen molar-refractivity contribution in [1.29, 1.82) is 0 Å². The molecule has 4 heteroatoms. The van der Waals surface area contributed by atoms with Crippen LogP contribution in [0.25, 0.3) is 10.8 Å². The molecule has 1 atom stereocenters. The molecule has 1 aliphatic rings. The van der Waals surface area contributed by atoms with Gasteiger partial charge < -0.3 is 10.0 Å². The maximum Gasteiger partial charge on any atom is 0.159 e. The summed E-state index contributed by atoms with van der Waals surface area (Å²) in [7, 11) is 0. The standard InChI is InChI=1S/C16H21N3O/c1-3-16(20)9-6-10-19(11-16)15-14-8-5-4-7-13(14)12(2)17-18-15/h4-5,7-8,20H,3,6,9-11H2,1-2H3. The lowest BCUT2D eigenvalue weighted by molar-refractivity contribution is 0.0221. The largest absolute Gasteiger partial charge is 0.388 e. The summed E-state index contributed by atoms with van der Waals surface area (Å²) in [6.07, 6.45) is 2.65. The summed E-state index contributed by atoms with van der Waals surface area (Å²) in [5.74, 6) is 0.901. The van der Waals surface area contributed by atoms with Gasteiger partial charge in [-0.25, -0.2) is 0 Å². The van der Waals surface area contributed by atoms with Crippen LogP contribution in [-0.4, -0.2) is 34.0 Å².